The number of aromatic nitrogens is 1. The van der Waals surface area contributed by atoms with E-state index in [4.69, 9.17) is 5.73 Å². The molecule has 0 unspecified atom stereocenters. The van der Waals surface area contributed by atoms with E-state index in [2.05, 4.69) is 4.98 Å². The molecule has 8 nitrogen and oxygen atoms in total. The third kappa shape index (κ3) is 2.11. The smallest absolute Gasteiger partial charge is 0.209 e. The Bertz CT molecular complexity index is 978. The van der Waals surface area contributed by atoms with Gasteiger partial charge in [0, 0.05) is 23.3 Å². The lowest BCUT2D eigenvalue weighted by Gasteiger charge is -2.47. The highest BCUT2D eigenvalue weighted by Gasteiger charge is 2.61. The van der Waals surface area contributed by atoms with Crippen LogP contribution in [0.3, 0.4) is 0 Å². The number of allylic oxidation sites excluding steroid dienone is 1. The fourth-order valence-electron chi connectivity index (χ4n) is 4.52. The summed E-state index contributed by atoms with van der Waals surface area (Å²) in [5, 5.41) is 32.2. The zero-order chi connectivity index (χ0) is 19.7. The van der Waals surface area contributed by atoms with Crippen LogP contribution in [0.5, 0.6) is 0 Å². The van der Waals surface area contributed by atoms with Gasteiger partial charge in [0.1, 0.15) is 17.1 Å². The summed E-state index contributed by atoms with van der Waals surface area (Å²) in [4.78, 5) is 41.8. The fraction of sp³-hybridized carbons (Fsp3) is 0.368. The first-order chi connectivity index (χ1) is 12.7. The first-order valence-electron chi connectivity index (χ1n) is 8.58. The molecule has 1 aromatic rings. The van der Waals surface area contributed by atoms with E-state index in [1.807, 2.05) is 0 Å². The summed E-state index contributed by atoms with van der Waals surface area (Å²) in [7, 11) is 0. The van der Waals surface area contributed by atoms with E-state index < -0.39 is 57.9 Å². The van der Waals surface area contributed by atoms with Gasteiger partial charge in [0.15, 0.2) is 17.2 Å². The maximum Gasteiger partial charge on any atom is 0.209 e. The van der Waals surface area contributed by atoms with Crippen molar-refractivity contribution in [2.75, 3.05) is 0 Å². The molecule has 0 spiro atoms. The van der Waals surface area contributed by atoms with Gasteiger partial charge in [-0.15, -0.1) is 0 Å². The molecule has 140 valence electrons. The van der Waals surface area contributed by atoms with Crippen molar-refractivity contribution in [2.24, 2.45) is 17.6 Å². The van der Waals surface area contributed by atoms with Gasteiger partial charge in [0.05, 0.1) is 11.7 Å². The maximum atomic E-state index is 12.9. The monoisotopic (exact) mass is 370 g/mol. The number of ketones is 3. The number of hydrogen-bond donors (Lipinski definition) is 4. The van der Waals surface area contributed by atoms with Crippen LogP contribution >= 0.6 is 0 Å². The van der Waals surface area contributed by atoms with Crippen molar-refractivity contribution < 1.29 is 29.7 Å². The minimum absolute atomic E-state index is 0.0564. The summed E-state index contributed by atoms with van der Waals surface area (Å²) in [6.07, 6.45) is 1.97. The van der Waals surface area contributed by atoms with Crippen LogP contribution in [0.2, 0.25) is 0 Å². The van der Waals surface area contributed by atoms with Gasteiger partial charge in [0.25, 0.3) is 0 Å². The van der Waals surface area contributed by atoms with Crippen LogP contribution < -0.4 is 5.73 Å². The molecular formula is C19H18N2O6. The van der Waals surface area contributed by atoms with E-state index in [0.717, 1.165) is 6.92 Å². The number of Topliss-reactive ketones (excluding diaryl/α,β-unsaturated/α-hetero) is 3. The van der Waals surface area contributed by atoms with Crippen molar-refractivity contribution in [2.45, 2.75) is 31.4 Å². The van der Waals surface area contributed by atoms with Gasteiger partial charge in [-0.05, 0) is 37.8 Å². The topological polar surface area (TPSA) is 151 Å². The Balaban J connectivity index is 1.93. The number of nitrogens with zero attached hydrogens (tertiary/aromatic N) is 1. The molecule has 3 aliphatic rings. The Morgan fingerprint density at radius 3 is 2.70 bits per heavy atom. The molecule has 0 aliphatic heterocycles. The van der Waals surface area contributed by atoms with Crippen LogP contribution in [0.1, 0.15) is 29.4 Å². The van der Waals surface area contributed by atoms with Crippen molar-refractivity contribution in [3.05, 3.63) is 52.3 Å². The number of carbonyl (C=O) groups is 3. The third-order valence-electron chi connectivity index (χ3n) is 5.85. The second kappa shape index (κ2) is 5.58. The number of aliphatic hydroxyl groups excluding tert-OH is 2. The number of nitrogens with two attached hydrogens (primary N) is 1. The van der Waals surface area contributed by atoms with E-state index in [1.54, 1.807) is 18.3 Å². The van der Waals surface area contributed by atoms with Gasteiger partial charge in [0.2, 0.25) is 5.78 Å². The number of rotatable bonds is 1. The molecule has 0 fully saturated rings. The largest absolute Gasteiger partial charge is 0.510 e. The fourth-order valence-corrected chi connectivity index (χ4v) is 4.52. The number of pyridine rings is 1. The van der Waals surface area contributed by atoms with Crippen molar-refractivity contribution >= 4 is 17.3 Å². The molecular weight excluding hydrogens is 352 g/mol. The summed E-state index contributed by atoms with van der Waals surface area (Å²) >= 11 is 0. The molecule has 0 saturated heterocycles. The standard InChI is InChI=1S/C19H18N2O6/c1-7(22)12-16(24)14(20)10-5-8-6-11-9(3-2-4-21-11)15(23)13(8)18(26)19(10,27)17(12)25/h2-4,8,10,14,24,26-27H,5-6,20H2,1H3/t8-,10+,14+,19-/m1/s1. The zero-order valence-electron chi connectivity index (χ0n) is 14.5. The molecule has 4 rings (SSSR count). The molecule has 8 heteroatoms. The summed E-state index contributed by atoms with van der Waals surface area (Å²) in [6.45, 7) is 1.06. The van der Waals surface area contributed by atoms with Crippen LogP contribution in [0.25, 0.3) is 0 Å². The zero-order valence-corrected chi connectivity index (χ0v) is 14.5. The lowest BCUT2D eigenvalue weighted by Crippen LogP contribution is -2.62. The number of fused-ring (bicyclic) bond motifs is 3. The highest BCUT2D eigenvalue weighted by molar-refractivity contribution is 6.25. The van der Waals surface area contributed by atoms with Gasteiger partial charge in [-0.1, -0.05) is 0 Å². The first-order valence-corrected chi connectivity index (χ1v) is 8.58. The van der Waals surface area contributed by atoms with Gasteiger partial charge in [-0.2, -0.15) is 0 Å². The van der Waals surface area contributed by atoms with Gasteiger partial charge < -0.3 is 21.1 Å². The molecule has 0 radical (unpaired) electrons. The summed E-state index contributed by atoms with van der Waals surface area (Å²) in [5.41, 5.74) is 3.66. The minimum atomic E-state index is -2.52. The van der Waals surface area contributed by atoms with Crippen LogP contribution in [0.4, 0.5) is 0 Å². The predicted octanol–water partition coefficient (Wildman–Crippen LogP) is 0.311. The van der Waals surface area contributed by atoms with E-state index in [1.165, 1.54) is 0 Å². The average Bonchev–Trinajstić information content (AvgIpc) is 2.62. The molecule has 5 N–H and O–H groups in total. The molecule has 0 amide bonds. The van der Waals surface area contributed by atoms with Crippen LogP contribution in [-0.4, -0.2) is 49.3 Å². The Hall–Kier alpha value is -2.84. The van der Waals surface area contributed by atoms with Gasteiger partial charge >= 0.3 is 0 Å². The number of carbonyl (C=O) groups excluding carboxylic acids is 3. The third-order valence-corrected chi connectivity index (χ3v) is 5.85. The van der Waals surface area contributed by atoms with Crippen molar-refractivity contribution in [1.29, 1.82) is 0 Å². The Kier molecular flexibility index (Phi) is 3.63. The lowest BCUT2D eigenvalue weighted by molar-refractivity contribution is -0.145. The quantitative estimate of drug-likeness (QED) is 0.516. The molecule has 0 aromatic carbocycles. The second-order valence-electron chi connectivity index (χ2n) is 7.27. The summed E-state index contributed by atoms with van der Waals surface area (Å²) < 4.78 is 0. The molecule has 1 heterocycles. The SMILES string of the molecule is CC(=O)C1=C(O)[C@@H](N)[C@@H]2C[C@@H]3Cc4ncccc4C(=O)C3=C(O)[C@]2(O)C1=O. The van der Waals surface area contributed by atoms with Crippen LogP contribution in [0.15, 0.2) is 41.0 Å². The summed E-state index contributed by atoms with van der Waals surface area (Å²) in [6, 6.07) is 1.93. The van der Waals surface area contributed by atoms with Crippen LogP contribution in [0, 0.1) is 11.8 Å². The highest BCUT2D eigenvalue weighted by Crippen LogP contribution is 2.50. The molecule has 3 aliphatic carbocycles. The molecule has 0 saturated carbocycles. The first kappa shape index (κ1) is 17.6. The molecule has 4 atom stereocenters. The van der Waals surface area contributed by atoms with Gasteiger partial charge in [-0.25, -0.2) is 0 Å². The van der Waals surface area contributed by atoms with E-state index in [0.29, 0.717) is 17.7 Å². The van der Waals surface area contributed by atoms with Crippen molar-refractivity contribution in [1.82, 2.24) is 4.98 Å². The Morgan fingerprint density at radius 2 is 2.04 bits per heavy atom. The van der Waals surface area contributed by atoms with E-state index in [9.17, 15) is 29.7 Å². The number of aliphatic hydroxyl groups is 3. The van der Waals surface area contributed by atoms with E-state index in [-0.39, 0.29) is 12.0 Å². The van der Waals surface area contributed by atoms with Gasteiger partial charge in [-0.3, -0.25) is 19.4 Å². The molecule has 1 aromatic heterocycles. The second-order valence-corrected chi connectivity index (χ2v) is 7.27. The highest BCUT2D eigenvalue weighted by atomic mass is 16.3. The average molecular weight is 370 g/mol. The molecule has 27 heavy (non-hydrogen) atoms. The Labute approximate surface area is 154 Å². The molecule has 0 bridgehead atoms. The van der Waals surface area contributed by atoms with Crippen molar-refractivity contribution in [3.8, 4) is 0 Å². The summed E-state index contributed by atoms with van der Waals surface area (Å²) in [5.74, 6) is -5.37. The number of hydrogen-bond acceptors (Lipinski definition) is 8. The lowest BCUT2D eigenvalue weighted by atomic mass is 9.59. The maximum absolute atomic E-state index is 12.9. The Morgan fingerprint density at radius 1 is 1.33 bits per heavy atom. The normalized spacial score (nSPS) is 32.8. The minimum Gasteiger partial charge on any atom is -0.510 e. The predicted molar refractivity (Wildman–Crippen MR) is 91.8 cm³/mol. The van der Waals surface area contributed by atoms with Crippen molar-refractivity contribution in [3.63, 3.8) is 0 Å². The van der Waals surface area contributed by atoms with Crippen LogP contribution in [-0.2, 0) is 16.0 Å². The van der Waals surface area contributed by atoms with E-state index >= 15 is 0 Å².